The van der Waals surface area contributed by atoms with Crippen molar-refractivity contribution in [3.8, 4) is 5.75 Å². The van der Waals surface area contributed by atoms with Gasteiger partial charge in [0.2, 0.25) is 0 Å². The Labute approximate surface area is 160 Å². The Morgan fingerprint density at radius 3 is 2.59 bits per heavy atom. The largest absolute Gasteiger partial charge is 0.434 e. The van der Waals surface area contributed by atoms with Gasteiger partial charge in [-0.3, -0.25) is 0 Å². The molecule has 0 N–H and O–H groups in total. The number of fused-ring (bicyclic) bond motifs is 1. The van der Waals surface area contributed by atoms with E-state index >= 15 is 0 Å². The molecule has 3 heteroatoms. The normalized spacial score (nSPS) is 20.4. The molecule has 0 heterocycles. The standard InChI is InChI=1S/C24H28F2O/c1-3-5-7-17-8-10-18(11-9-17)20-14-15-22-21(16-20)13-12-19(6-4-2)23(22)27-24(25)26/h3-4,6,12-18,24H,1,5,7-11H2,2H3/b6-4+. The lowest BCUT2D eigenvalue weighted by molar-refractivity contribution is -0.0489. The molecule has 0 bridgehead atoms. The number of hydrogen-bond acceptors (Lipinski definition) is 1. The second-order valence-electron chi connectivity index (χ2n) is 7.43. The van der Waals surface area contributed by atoms with Gasteiger partial charge < -0.3 is 4.74 Å². The zero-order valence-corrected chi connectivity index (χ0v) is 16.0. The quantitative estimate of drug-likeness (QED) is 0.453. The highest BCUT2D eigenvalue weighted by molar-refractivity contribution is 5.92. The molecule has 0 saturated heterocycles. The molecule has 27 heavy (non-hydrogen) atoms. The van der Waals surface area contributed by atoms with Crippen LogP contribution in [-0.2, 0) is 0 Å². The van der Waals surface area contributed by atoms with Gasteiger partial charge in [-0.1, -0.05) is 48.6 Å². The van der Waals surface area contributed by atoms with Crippen LogP contribution < -0.4 is 4.74 Å². The minimum absolute atomic E-state index is 0.264. The van der Waals surface area contributed by atoms with E-state index in [2.05, 4.69) is 18.7 Å². The lowest BCUT2D eigenvalue weighted by Crippen LogP contribution is -2.13. The molecule has 0 aliphatic heterocycles. The Balaban J connectivity index is 1.83. The molecule has 2 aromatic rings. The van der Waals surface area contributed by atoms with Crippen LogP contribution in [-0.4, -0.2) is 6.61 Å². The molecule has 144 valence electrons. The van der Waals surface area contributed by atoms with Crippen LogP contribution in [0.15, 0.2) is 49.1 Å². The van der Waals surface area contributed by atoms with Crippen LogP contribution in [0.2, 0.25) is 0 Å². The molecular formula is C24H28F2O. The molecule has 2 aromatic carbocycles. The lowest BCUT2D eigenvalue weighted by Gasteiger charge is -2.29. The zero-order chi connectivity index (χ0) is 19.2. The number of rotatable bonds is 7. The Kier molecular flexibility index (Phi) is 6.65. The fraction of sp³-hybridized carbons (Fsp3) is 0.417. The second kappa shape index (κ2) is 9.16. The summed E-state index contributed by atoms with van der Waals surface area (Å²) in [5, 5.41) is 1.71. The highest BCUT2D eigenvalue weighted by Gasteiger charge is 2.22. The molecule has 1 aliphatic rings. The number of alkyl halides is 2. The third-order valence-corrected chi connectivity index (χ3v) is 5.68. The molecule has 1 saturated carbocycles. The minimum atomic E-state index is -2.83. The molecular weight excluding hydrogens is 342 g/mol. The molecule has 1 fully saturated rings. The van der Waals surface area contributed by atoms with Crippen molar-refractivity contribution in [1.82, 2.24) is 0 Å². The van der Waals surface area contributed by atoms with Gasteiger partial charge >= 0.3 is 6.61 Å². The summed E-state index contributed by atoms with van der Waals surface area (Å²) in [5.74, 6) is 1.64. The summed E-state index contributed by atoms with van der Waals surface area (Å²) < 4.78 is 30.7. The topological polar surface area (TPSA) is 9.23 Å². The first-order valence-corrected chi connectivity index (χ1v) is 9.87. The molecule has 1 aliphatic carbocycles. The summed E-state index contributed by atoms with van der Waals surface area (Å²) in [5.41, 5.74) is 1.99. The predicted molar refractivity (Wildman–Crippen MR) is 109 cm³/mol. The van der Waals surface area contributed by atoms with Gasteiger partial charge in [-0.05, 0) is 68.2 Å². The van der Waals surface area contributed by atoms with Crippen LogP contribution in [0.3, 0.4) is 0 Å². The van der Waals surface area contributed by atoms with E-state index in [0.29, 0.717) is 11.5 Å². The average molecular weight is 370 g/mol. The van der Waals surface area contributed by atoms with Crippen molar-refractivity contribution in [3.63, 3.8) is 0 Å². The van der Waals surface area contributed by atoms with E-state index in [1.165, 1.54) is 37.7 Å². The van der Waals surface area contributed by atoms with Crippen molar-refractivity contribution in [2.24, 2.45) is 5.92 Å². The van der Waals surface area contributed by atoms with E-state index in [0.717, 1.165) is 23.1 Å². The van der Waals surface area contributed by atoms with Gasteiger partial charge in [-0.2, -0.15) is 8.78 Å². The number of hydrogen-bond donors (Lipinski definition) is 0. The van der Waals surface area contributed by atoms with Crippen molar-refractivity contribution < 1.29 is 13.5 Å². The van der Waals surface area contributed by atoms with Crippen LogP contribution in [0.25, 0.3) is 16.8 Å². The van der Waals surface area contributed by atoms with Crippen molar-refractivity contribution in [1.29, 1.82) is 0 Å². The smallest absolute Gasteiger partial charge is 0.387 e. The second-order valence-corrected chi connectivity index (χ2v) is 7.43. The van der Waals surface area contributed by atoms with Crippen LogP contribution in [0.1, 0.15) is 62.5 Å². The van der Waals surface area contributed by atoms with Gasteiger partial charge in [0.25, 0.3) is 0 Å². The lowest BCUT2D eigenvalue weighted by atomic mass is 9.77. The third kappa shape index (κ3) is 4.77. The maximum absolute atomic E-state index is 12.9. The first-order valence-electron chi connectivity index (χ1n) is 9.87. The Morgan fingerprint density at radius 1 is 1.15 bits per heavy atom. The fourth-order valence-electron chi connectivity index (χ4n) is 4.26. The van der Waals surface area contributed by atoms with Crippen LogP contribution in [0, 0.1) is 5.92 Å². The maximum Gasteiger partial charge on any atom is 0.387 e. The summed E-state index contributed by atoms with van der Waals surface area (Å²) in [6.07, 6.45) is 12.9. The molecule has 0 unspecified atom stereocenters. The van der Waals surface area contributed by atoms with E-state index in [4.69, 9.17) is 4.74 Å². The van der Waals surface area contributed by atoms with Crippen molar-refractivity contribution in [2.45, 2.75) is 58.0 Å². The number of ether oxygens (including phenoxy) is 1. The Morgan fingerprint density at radius 2 is 1.93 bits per heavy atom. The SMILES string of the molecule is C=CCCC1CCC(c2ccc3c(OC(F)F)c(/C=C/C)ccc3c2)CC1. The van der Waals surface area contributed by atoms with Gasteiger partial charge in [0.15, 0.2) is 0 Å². The van der Waals surface area contributed by atoms with Crippen LogP contribution in [0.4, 0.5) is 8.78 Å². The monoisotopic (exact) mass is 370 g/mol. The van der Waals surface area contributed by atoms with Gasteiger partial charge in [-0.25, -0.2) is 0 Å². The van der Waals surface area contributed by atoms with Crippen molar-refractivity contribution in [2.75, 3.05) is 0 Å². The summed E-state index contributed by atoms with van der Waals surface area (Å²) >= 11 is 0. The predicted octanol–water partition coefficient (Wildman–Crippen LogP) is 7.71. The molecule has 0 radical (unpaired) electrons. The first-order chi connectivity index (χ1) is 13.1. The number of halogens is 2. The zero-order valence-electron chi connectivity index (χ0n) is 16.0. The fourth-order valence-corrected chi connectivity index (χ4v) is 4.26. The minimum Gasteiger partial charge on any atom is -0.434 e. The van der Waals surface area contributed by atoms with Crippen molar-refractivity contribution >= 4 is 16.8 Å². The van der Waals surface area contributed by atoms with E-state index in [1.807, 2.05) is 37.3 Å². The highest BCUT2D eigenvalue weighted by atomic mass is 19.3. The first kappa shape index (κ1) is 19.6. The average Bonchev–Trinajstić information content (AvgIpc) is 2.68. The Bertz CT molecular complexity index is 801. The molecule has 0 amide bonds. The van der Waals surface area contributed by atoms with Crippen LogP contribution >= 0.6 is 0 Å². The van der Waals surface area contributed by atoms with Gasteiger partial charge in [0, 0.05) is 10.9 Å². The maximum atomic E-state index is 12.9. The third-order valence-electron chi connectivity index (χ3n) is 5.68. The molecule has 1 nitrogen and oxygen atoms in total. The number of benzene rings is 2. The highest BCUT2D eigenvalue weighted by Crippen LogP contribution is 2.40. The van der Waals surface area contributed by atoms with E-state index in [1.54, 1.807) is 6.08 Å². The van der Waals surface area contributed by atoms with E-state index in [9.17, 15) is 8.78 Å². The Hall–Kier alpha value is -2.16. The van der Waals surface area contributed by atoms with Gasteiger partial charge in [0.1, 0.15) is 5.75 Å². The number of allylic oxidation sites excluding steroid dienone is 2. The molecule has 0 aromatic heterocycles. The van der Waals surface area contributed by atoms with Gasteiger partial charge in [-0.15, -0.1) is 6.58 Å². The van der Waals surface area contributed by atoms with Crippen LogP contribution in [0.5, 0.6) is 5.75 Å². The summed E-state index contributed by atoms with van der Waals surface area (Å²) in [6, 6.07) is 10.0. The molecule has 0 spiro atoms. The van der Waals surface area contributed by atoms with E-state index in [-0.39, 0.29) is 5.75 Å². The summed E-state index contributed by atoms with van der Waals surface area (Å²) in [7, 11) is 0. The summed E-state index contributed by atoms with van der Waals surface area (Å²) in [6.45, 7) is 2.86. The van der Waals surface area contributed by atoms with Gasteiger partial charge in [0.05, 0.1) is 0 Å². The molecule has 0 atom stereocenters. The van der Waals surface area contributed by atoms with Crippen molar-refractivity contribution in [3.05, 3.63) is 60.2 Å². The van der Waals surface area contributed by atoms with E-state index < -0.39 is 6.61 Å². The molecule has 3 rings (SSSR count). The summed E-state index contributed by atoms with van der Waals surface area (Å²) in [4.78, 5) is 0.